The number of halogens is 6. The number of nitrogens with zero attached hydrogens (tertiary/aromatic N) is 4. The lowest BCUT2D eigenvalue weighted by molar-refractivity contribution is -0.143. The van der Waals surface area contributed by atoms with Crippen LogP contribution in [0, 0.1) is 0 Å². The Morgan fingerprint density at radius 3 is 2.10 bits per heavy atom. The number of piperidine rings is 1. The van der Waals surface area contributed by atoms with Crippen molar-refractivity contribution in [3.63, 3.8) is 0 Å². The Morgan fingerprint density at radius 1 is 0.900 bits per heavy atom. The average Bonchev–Trinajstić information content (AvgIpc) is 3.08. The number of amides is 2. The summed E-state index contributed by atoms with van der Waals surface area (Å²) in [6, 6.07) is 11.4. The maximum atomic E-state index is 13.3. The molecule has 0 spiro atoms. The van der Waals surface area contributed by atoms with Gasteiger partial charge in [0.15, 0.2) is 5.69 Å². The van der Waals surface area contributed by atoms with Crippen molar-refractivity contribution in [1.29, 1.82) is 0 Å². The first kappa shape index (κ1) is 38.4. The Kier molecular flexibility index (Phi) is 13.4. The van der Waals surface area contributed by atoms with Crippen molar-refractivity contribution in [3.8, 4) is 22.9 Å². The lowest BCUT2D eigenvalue weighted by Gasteiger charge is -2.32. The Morgan fingerprint density at radius 2 is 1.52 bits per heavy atom. The molecular formula is C35H41F6N5O4. The van der Waals surface area contributed by atoms with Crippen LogP contribution in [0.15, 0.2) is 54.9 Å². The minimum atomic E-state index is -4.50. The summed E-state index contributed by atoms with van der Waals surface area (Å²) in [5.74, 6) is -0.942. The molecule has 0 unspecified atom stereocenters. The fourth-order valence-electron chi connectivity index (χ4n) is 5.75. The van der Waals surface area contributed by atoms with Crippen molar-refractivity contribution < 1.29 is 45.4 Å². The lowest BCUT2D eigenvalue weighted by atomic mass is 9.97. The second-order valence-corrected chi connectivity index (χ2v) is 11.8. The van der Waals surface area contributed by atoms with Gasteiger partial charge in [0.2, 0.25) is 17.7 Å². The predicted octanol–water partition coefficient (Wildman–Crippen LogP) is 7.31. The van der Waals surface area contributed by atoms with E-state index in [1.165, 1.54) is 23.4 Å². The molecule has 1 saturated heterocycles. The largest absolute Gasteiger partial charge is 0.476 e. The van der Waals surface area contributed by atoms with Crippen molar-refractivity contribution in [2.45, 2.75) is 70.8 Å². The summed E-state index contributed by atoms with van der Waals surface area (Å²) in [7, 11) is 0. The first-order chi connectivity index (χ1) is 23.8. The summed E-state index contributed by atoms with van der Waals surface area (Å²) in [6.45, 7) is 6.02. The van der Waals surface area contributed by atoms with E-state index < -0.39 is 36.7 Å². The van der Waals surface area contributed by atoms with Crippen molar-refractivity contribution in [2.24, 2.45) is 0 Å². The number of aromatic nitrogens is 2. The number of carbonyl (C=O) groups is 2. The van der Waals surface area contributed by atoms with Gasteiger partial charge in [0, 0.05) is 37.7 Å². The fourth-order valence-corrected chi connectivity index (χ4v) is 5.75. The van der Waals surface area contributed by atoms with Gasteiger partial charge < -0.3 is 24.6 Å². The van der Waals surface area contributed by atoms with Gasteiger partial charge in [-0.15, -0.1) is 0 Å². The summed E-state index contributed by atoms with van der Waals surface area (Å²) in [6.07, 6.45) is -7.30. The summed E-state index contributed by atoms with van der Waals surface area (Å²) >= 11 is 0. The van der Waals surface area contributed by atoms with Crippen molar-refractivity contribution in [3.05, 3.63) is 66.0 Å². The zero-order valence-corrected chi connectivity index (χ0v) is 27.9. The second-order valence-electron chi connectivity index (χ2n) is 11.8. The van der Waals surface area contributed by atoms with Gasteiger partial charge in [-0.1, -0.05) is 30.3 Å². The highest BCUT2D eigenvalue weighted by atomic mass is 19.4. The van der Waals surface area contributed by atoms with Crippen LogP contribution in [0.1, 0.15) is 68.3 Å². The van der Waals surface area contributed by atoms with Crippen molar-refractivity contribution >= 4 is 17.5 Å². The molecule has 2 heterocycles. The zero-order valence-electron chi connectivity index (χ0n) is 27.9. The number of alkyl halides is 6. The van der Waals surface area contributed by atoms with Crippen LogP contribution in [0.3, 0.4) is 0 Å². The highest BCUT2D eigenvalue weighted by molar-refractivity contribution is 6.01. The van der Waals surface area contributed by atoms with E-state index >= 15 is 0 Å². The monoisotopic (exact) mass is 709 g/mol. The molecule has 2 aromatic carbocycles. The van der Waals surface area contributed by atoms with Crippen LogP contribution in [0.4, 0.5) is 32.0 Å². The minimum absolute atomic E-state index is 0.0532. The van der Waals surface area contributed by atoms with E-state index in [1.807, 2.05) is 0 Å². The van der Waals surface area contributed by atoms with Gasteiger partial charge in [-0.3, -0.25) is 9.59 Å². The molecule has 1 aliphatic heterocycles. The summed E-state index contributed by atoms with van der Waals surface area (Å²) in [4.78, 5) is 38.1. The maximum Gasteiger partial charge on any atom is 0.416 e. The number of unbranched alkanes of at least 4 members (excludes halogenated alkanes) is 1. The molecule has 50 heavy (non-hydrogen) atoms. The molecule has 4 rings (SSSR count). The number of likely N-dealkylation sites (tertiary alicyclic amines) is 1. The molecule has 0 radical (unpaired) electrons. The highest BCUT2D eigenvalue weighted by Crippen LogP contribution is 2.36. The Hall–Kier alpha value is -4.40. The molecular weight excluding hydrogens is 668 g/mol. The third-order valence-corrected chi connectivity index (χ3v) is 8.23. The Labute approximate surface area is 287 Å². The first-order valence-corrected chi connectivity index (χ1v) is 16.6. The number of hydrogen-bond acceptors (Lipinski definition) is 7. The molecule has 2 amide bonds. The third kappa shape index (κ3) is 10.8. The van der Waals surface area contributed by atoms with E-state index in [1.54, 1.807) is 38.1 Å². The van der Waals surface area contributed by atoms with Gasteiger partial charge in [0.1, 0.15) is 6.33 Å². The van der Waals surface area contributed by atoms with E-state index in [4.69, 9.17) is 9.47 Å². The predicted molar refractivity (Wildman–Crippen MR) is 175 cm³/mol. The Balaban J connectivity index is 1.32. The lowest BCUT2D eigenvalue weighted by Crippen LogP contribution is -2.45. The molecule has 0 saturated carbocycles. The maximum absolute atomic E-state index is 13.3. The smallest absolute Gasteiger partial charge is 0.416 e. The van der Waals surface area contributed by atoms with Crippen LogP contribution >= 0.6 is 0 Å². The van der Waals surface area contributed by atoms with Crippen LogP contribution in [0.5, 0.6) is 11.8 Å². The number of hydrogen-bond donors (Lipinski definition) is 1. The van der Waals surface area contributed by atoms with Crippen LogP contribution < -0.4 is 19.7 Å². The minimum Gasteiger partial charge on any atom is -0.476 e. The zero-order chi connectivity index (χ0) is 36.3. The average molecular weight is 710 g/mol. The number of nitrogens with one attached hydrogen (secondary N) is 1. The molecule has 15 heteroatoms. The van der Waals surface area contributed by atoms with Crippen LogP contribution in [0.2, 0.25) is 0 Å². The quantitative estimate of drug-likeness (QED) is 0.131. The fraction of sp³-hybridized carbons (Fsp3) is 0.486. The van der Waals surface area contributed by atoms with E-state index in [2.05, 4.69) is 20.2 Å². The van der Waals surface area contributed by atoms with Gasteiger partial charge in [0.25, 0.3) is 5.91 Å². The standard InChI is InChI=1S/C35H41F6N5O4/c1-3-49-32-30(33(50-4-2)43-23-42-32)46(29(47)15-18-34(36,37)38)20-8-7-19-45-21-16-26(17-22-45)44-31(48)28-10-6-5-9-27(28)24-11-13-25(14-12-24)35(39,40)41/h5-6,9-14,23,26H,3-4,7-8,15-22H2,1-2H3,(H,44,48). The molecule has 1 aromatic heterocycles. The van der Waals surface area contributed by atoms with Crippen molar-refractivity contribution in [1.82, 2.24) is 20.2 Å². The van der Waals surface area contributed by atoms with E-state index in [0.717, 1.165) is 12.1 Å². The molecule has 1 aliphatic rings. The number of benzene rings is 2. The normalized spacial score (nSPS) is 14.3. The first-order valence-electron chi connectivity index (χ1n) is 16.6. The summed E-state index contributed by atoms with van der Waals surface area (Å²) in [5, 5.41) is 3.06. The van der Waals surface area contributed by atoms with E-state index in [-0.39, 0.29) is 49.2 Å². The summed E-state index contributed by atoms with van der Waals surface area (Å²) in [5.41, 5.74) is 0.750. The van der Waals surface area contributed by atoms with Crippen LogP contribution in [0.25, 0.3) is 11.1 Å². The molecule has 3 aromatic rings. The molecule has 0 atom stereocenters. The molecule has 1 fully saturated rings. The number of anilines is 1. The van der Waals surface area contributed by atoms with Crippen molar-refractivity contribution in [2.75, 3.05) is 44.3 Å². The number of rotatable bonds is 15. The molecule has 1 N–H and O–H groups in total. The number of carbonyl (C=O) groups excluding carboxylic acids is 2. The van der Waals surface area contributed by atoms with Gasteiger partial charge in [-0.2, -0.15) is 36.3 Å². The second kappa shape index (κ2) is 17.5. The molecule has 0 aliphatic carbocycles. The molecule has 0 bridgehead atoms. The number of ether oxygens (including phenoxy) is 2. The van der Waals surface area contributed by atoms with Gasteiger partial charge >= 0.3 is 12.4 Å². The van der Waals surface area contributed by atoms with E-state index in [0.29, 0.717) is 62.0 Å². The Bertz CT molecular complexity index is 1540. The SMILES string of the molecule is CCOc1ncnc(OCC)c1N(CCCCN1CCC(NC(=O)c2ccccc2-c2ccc(C(F)(F)F)cc2)CC1)C(=O)CCC(F)(F)F. The third-order valence-electron chi connectivity index (χ3n) is 8.23. The molecule has 272 valence electrons. The summed E-state index contributed by atoms with van der Waals surface area (Å²) < 4.78 is 89.3. The van der Waals surface area contributed by atoms with E-state index in [9.17, 15) is 35.9 Å². The topological polar surface area (TPSA) is 96.9 Å². The van der Waals surface area contributed by atoms with Gasteiger partial charge in [-0.05, 0) is 75.4 Å². The van der Waals surface area contributed by atoms with Crippen LogP contribution in [-0.4, -0.2) is 78.3 Å². The molecule has 9 nitrogen and oxygen atoms in total. The van der Waals surface area contributed by atoms with Gasteiger partial charge in [-0.25, -0.2) is 0 Å². The van der Waals surface area contributed by atoms with Gasteiger partial charge in [0.05, 0.1) is 25.2 Å². The highest BCUT2D eigenvalue weighted by Gasteiger charge is 2.33. The van der Waals surface area contributed by atoms with Crippen LogP contribution in [-0.2, 0) is 11.0 Å².